The number of hydrogen-bond donors (Lipinski definition) is 5. The van der Waals surface area contributed by atoms with Crippen LogP contribution in [0.2, 0.25) is 0 Å². The van der Waals surface area contributed by atoms with Gasteiger partial charge in [-0.2, -0.15) is 0 Å². The maximum Gasteiger partial charge on any atom is 0.328 e. The fraction of sp³-hybridized carbons (Fsp3) is 0.636. The van der Waals surface area contributed by atoms with Crippen molar-refractivity contribution in [3.8, 4) is 5.75 Å². The minimum Gasteiger partial charge on any atom is -0.507 e. The molecular weight excluding hydrogens is 626 g/mol. The van der Waals surface area contributed by atoms with E-state index in [1.165, 1.54) is 6.07 Å². The minimum atomic E-state index is -1.14. The first-order chi connectivity index (χ1) is 23.1. The van der Waals surface area contributed by atoms with Crippen LogP contribution in [0.1, 0.15) is 96.0 Å². The Morgan fingerprint density at radius 2 is 1.88 bits per heavy atom. The van der Waals surface area contributed by atoms with Crippen molar-refractivity contribution in [1.82, 2.24) is 20.8 Å². The number of amides is 4. The van der Waals surface area contributed by atoms with E-state index >= 15 is 0 Å². The number of hydrogen-bond acceptors (Lipinski definition) is 11. The number of hydroxylamine groups is 4. The molecule has 2 aliphatic heterocycles. The van der Waals surface area contributed by atoms with Gasteiger partial charge in [-0.25, -0.2) is 19.9 Å². The molecule has 1 aromatic rings. The van der Waals surface area contributed by atoms with E-state index in [2.05, 4.69) is 22.5 Å². The van der Waals surface area contributed by atoms with E-state index in [0.717, 1.165) is 25.7 Å². The lowest BCUT2D eigenvalue weighted by Gasteiger charge is -2.24. The average Bonchev–Trinajstić information content (AvgIpc) is 3.51. The first-order valence-electron chi connectivity index (χ1n) is 16.8. The highest BCUT2D eigenvalue weighted by atomic mass is 16.5. The van der Waals surface area contributed by atoms with Gasteiger partial charge in [0.15, 0.2) is 6.04 Å². The summed E-state index contributed by atoms with van der Waals surface area (Å²) >= 11 is 0. The number of rotatable bonds is 20. The van der Waals surface area contributed by atoms with Crippen molar-refractivity contribution in [2.45, 2.75) is 115 Å². The molecule has 1 saturated heterocycles. The van der Waals surface area contributed by atoms with E-state index in [4.69, 9.17) is 9.47 Å². The summed E-state index contributed by atoms with van der Waals surface area (Å²) in [7, 11) is 0. The molecule has 266 valence electrons. The summed E-state index contributed by atoms with van der Waals surface area (Å²) in [6.45, 7) is 2.20. The number of carbonyl (C=O) groups excluding carboxylic acids is 5. The topological polar surface area (TPSA) is 207 Å². The monoisotopic (exact) mass is 675 g/mol. The zero-order valence-electron chi connectivity index (χ0n) is 27.6. The third-order valence-corrected chi connectivity index (χ3v) is 8.27. The molecule has 0 bridgehead atoms. The number of ether oxygens (including phenoxy) is 2. The molecule has 1 fully saturated rings. The summed E-state index contributed by atoms with van der Waals surface area (Å²) in [6, 6.07) is 3.38. The third-order valence-electron chi connectivity index (χ3n) is 8.27. The number of nitrogens with one attached hydrogen (secondary N) is 2. The standard InChI is InChI=1S/C33H49N5O10/c1-2-3-4-5-6-13-23(20-29(41)34-25-15-10-12-19-38(46)32(25)43)48-33(44)26(16-9-11-18-37(45)22-39)35-30(42)27-21-47-31(36-27)24-14-7-8-17-28(24)40/h7-8,14,17,22-23,25-27,40,45-46H,2-6,9-13,15-16,18-21H2,1H3,(H,34,41)(H,35,42)/t23-,25+,26+,27+/m1/s1. The number of para-hydroxylation sites is 1. The van der Waals surface area contributed by atoms with Gasteiger partial charge in [0.25, 0.3) is 5.91 Å². The van der Waals surface area contributed by atoms with Crippen LogP contribution in [-0.4, -0.2) is 106 Å². The highest BCUT2D eigenvalue weighted by Gasteiger charge is 2.33. The number of carbonyl (C=O) groups is 5. The van der Waals surface area contributed by atoms with E-state index in [-0.39, 0.29) is 50.6 Å². The molecule has 3 rings (SSSR count). The van der Waals surface area contributed by atoms with Crippen LogP contribution in [0.4, 0.5) is 0 Å². The maximum absolute atomic E-state index is 13.6. The van der Waals surface area contributed by atoms with Crippen LogP contribution in [-0.2, 0) is 33.4 Å². The molecule has 5 N–H and O–H groups in total. The molecule has 2 heterocycles. The number of nitrogens with zero attached hydrogens (tertiary/aromatic N) is 3. The van der Waals surface area contributed by atoms with Crippen LogP contribution in [0.25, 0.3) is 0 Å². The van der Waals surface area contributed by atoms with Gasteiger partial charge in [-0.05, 0) is 63.5 Å². The van der Waals surface area contributed by atoms with E-state index in [9.17, 15) is 39.5 Å². The molecule has 4 atom stereocenters. The van der Waals surface area contributed by atoms with Gasteiger partial charge in [0, 0.05) is 13.1 Å². The van der Waals surface area contributed by atoms with Gasteiger partial charge in [-0.1, -0.05) is 44.7 Å². The molecule has 15 heteroatoms. The molecule has 0 spiro atoms. The average molecular weight is 676 g/mol. The number of unbranched alkanes of at least 4 members (excludes halogenated alkanes) is 5. The summed E-state index contributed by atoms with van der Waals surface area (Å²) in [5, 5.41) is 36.0. The molecular formula is C33H49N5O10. The molecule has 0 aromatic heterocycles. The van der Waals surface area contributed by atoms with Gasteiger partial charge in [0.2, 0.25) is 24.1 Å². The molecule has 48 heavy (non-hydrogen) atoms. The Labute approximate surface area is 280 Å². The molecule has 0 radical (unpaired) electrons. The smallest absolute Gasteiger partial charge is 0.328 e. The highest BCUT2D eigenvalue weighted by Crippen LogP contribution is 2.22. The van der Waals surface area contributed by atoms with Gasteiger partial charge in [-0.3, -0.25) is 29.6 Å². The molecule has 4 amide bonds. The van der Waals surface area contributed by atoms with E-state index < -0.39 is 47.9 Å². The van der Waals surface area contributed by atoms with Crippen molar-refractivity contribution >= 4 is 36.0 Å². The van der Waals surface area contributed by atoms with E-state index in [1.54, 1.807) is 18.2 Å². The van der Waals surface area contributed by atoms with Crippen LogP contribution < -0.4 is 10.6 Å². The molecule has 0 unspecified atom stereocenters. The normalized spacial score (nSPS) is 18.9. The predicted octanol–water partition coefficient (Wildman–Crippen LogP) is 2.59. The SMILES string of the molecule is CCCCCCC[C@H](CC(=O)N[C@H]1CCCCN(O)C1=O)OC(=O)[C@H](CCCCN(O)C=O)NC(=O)[C@@H]1COC(c2ccccc2O)=N1. The van der Waals surface area contributed by atoms with Crippen LogP contribution in [0.3, 0.4) is 0 Å². The highest BCUT2D eigenvalue weighted by molar-refractivity contribution is 6.00. The number of phenolic OH excluding ortho intramolecular Hbond substituents is 1. The second-order valence-corrected chi connectivity index (χ2v) is 12.1. The fourth-order valence-electron chi connectivity index (χ4n) is 5.54. The summed E-state index contributed by atoms with van der Waals surface area (Å²) in [4.78, 5) is 67.5. The molecule has 1 aromatic carbocycles. The zero-order valence-corrected chi connectivity index (χ0v) is 27.6. The van der Waals surface area contributed by atoms with Crippen molar-refractivity contribution in [1.29, 1.82) is 0 Å². The van der Waals surface area contributed by atoms with Gasteiger partial charge < -0.3 is 25.2 Å². The number of benzene rings is 1. The van der Waals surface area contributed by atoms with Gasteiger partial charge in [0.1, 0.15) is 30.5 Å². The second kappa shape index (κ2) is 20.2. The maximum atomic E-state index is 13.6. The first kappa shape index (κ1) is 38.2. The minimum absolute atomic E-state index is 0.0234. The largest absolute Gasteiger partial charge is 0.507 e. The Kier molecular flexibility index (Phi) is 16.1. The third kappa shape index (κ3) is 12.4. The fourth-order valence-corrected chi connectivity index (χ4v) is 5.54. The molecule has 0 saturated carbocycles. The predicted molar refractivity (Wildman–Crippen MR) is 172 cm³/mol. The molecule has 0 aliphatic carbocycles. The van der Waals surface area contributed by atoms with Crippen molar-refractivity contribution in [3.63, 3.8) is 0 Å². The second-order valence-electron chi connectivity index (χ2n) is 12.1. The Morgan fingerprint density at radius 3 is 2.62 bits per heavy atom. The van der Waals surface area contributed by atoms with Gasteiger partial charge in [0.05, 0.1) is 12.0 Å². The molecule has 15 nitrogen and oxygen atoms in total. The van der Waals surface area contributed by atoms with Gasteiger partial charge in [-0.15, -0.1) is 0 Å². The number of aromatic hydroxyl groups is 1. The van der Waals surface area contributed by atoms with Crippen LogP contribution >= 0.6 is 0 Å². The van der Waals surface area contributed by atoms with Crippen LogP contribution in [0, 0.1) is 0 Å². The lowest BCUT2D eigenvalue weighted by molar-refractivity contribution is -0.167. The Bertz CT molecular complexity index is 1260. The lowest BCUT2D eigenvalue weighted by atomic mass is 10.0. The lowest BCUT2D eigenvalue weighted by Crippen LogP contribution is -2.48. The number of aliphatic imine (C=N–C) groups is 1. The van der Waals surface area contributed by atoms with E-state index in [1.807, 2.05) is 0 Å². The quantitative estimate of drug-likeness (QED) is 0.0449. The van der Waals surface area contributed by atoms with Crippen molar-refractivity contribution in [2.24, 2.45) is 4.99 Å². The Morgan fingerprint density at radius 1 is 1.12 bits per heavy atom. The van der Waals surface area contributed by atoms with Gasteiger partial charge >= 0.3 is 5.97 Å². The van der Waals surface area contributed by atoms with E-state index in [0.29, 0.717) is 60.6 Å². The zero-order chi connectivity index (χ0) is 34.9. The molecule has 2 aliphatic rings. The number of esters is 1. The van der Waals surface area contributed by atoms with Crippen molar-refractivity contribution < 1.29 is 49.0 Å². The van der Waals surface area contributed by atoms with Crippen molar-refractivity contribution in [2.75, 3.05) is 19.7 Å². The Balaban J connectivity index is 1.70. The number of phenols is 1. The summed E-state index contributed by atoms with van der Waals surface area (Å²) in [6.07, 6.45) is 6.67. The Hall–Kier alpha value is -4.24. The van der Waals surface area contributed by atoms with Crippen molar-refractivity contribution in [3.05, 3.63) is 29.8 Å². The first-order valence-corrected chi connectivity index (χ1v) is 16.8. The van der Waals surface area contributed by atoms with Crippen LogP contribution in [0.15, 0.2) is 29.3 Å². The van der Waals surface area contributed by atoms with Crippen LogP contribution in [0.5, 0.6) is 5.75 Å². The summed E-state index contributed by atoms with van der Waals surface area (Å²) in [5.74, 6) is -2.42. The summed E-state index contributed by atoms with van der Waals surface area (Å²) in [5.41, 5.74) is 0.324. The summed E-state index contributed by atoms with van der Waals surface area (Å²) < 4.78 is 11.4.